The third kappa shape index (κ3) is 3.96. The SMILES string of the molecule is Cc1cc(Br)ccc1C(=O)NC1CCCCCC1Cl. The van der Waals surface area contributed by atoms with Crippen molar-refractivity contribution < 1.29 is 4.79 Å². The molecule has 19 heavy (non-hydrogen) atoms. The fourth-order valence-corrected chi connectivity index (χ4v) is 3.37. The van der Waals surface area contributed by atoms with Gasteiger partial charge in [-0.3, -0.25) is 4.79 Å². The summed E-state index contributed by atoms with van der Waals surface area (Å²) in [6, 6.07) is 5.81. The van der Waals surface area contributed by atoms with E-state index in [4.69, 9.17) is 11.6 Å². The van der Waals surface area contributed by atoms with Gasteiger partial charge in [0.2, 0.25) is 0 Å². The number of halogens is 2. The lowest BCUT2D eigenvalue weighted by Crippen LogP contribution is -2.40. The molecule has 2 nitrogen and oxygen atoms in total. The predicted octanol–water partition coefficient (Wildman–Crippen LogP) is 4.43. The Balaban J connectivity index is 2.07. The number of nitrogens with one attached hydrogen (secondary N) is 1. The molecule has 0 saturated heterocycles. The Morgan fingerprint density at radius 3 is 2.79 bits per heavy atom. The van der Waals surface area contributed by atoms with Crippen molar-refractivity contribution in [2.24, 2.45) is 0 Å². The Morgan fingerprint density at radius 2 is 2.05 bits per heavy atom. The smallest absolute Gasteiger partial charge is 0.251 e. The fraction of sp³-hybridized carbons (Fsp3) is 0.533. The van der Waals surface area contributed by atoms with Gasteiger partial charge in [-0.1, -0.05) is 35.2 Å². The molecule has 1 saturated carbocycles. The van der Waals surface area contributed by atoms with Crippen molar-refractivity contribution in [2.45, 2.75) is 50.4 Å². The lowest BCUT2D eigenvalue weighted by atomic mass is 10.1. The van der Waals surface area contributed by atoms with E-state index in [0.29, 0.717) is 0 Å². The molecule has 1 N–H and O–H groups in total. The second kappa shape index (κ2) is 6.76. The van der Waals surface area contributed by atoms with Crippen molar-refractivity contribution in [3.8, 4) is 0 Å². The highest BCUT2D eigenvalue weighted by Gasteiger charge is 2.24. The van der Waals surface area contributed by atoms with Gasteiger partial charge in [-0.25, -0.2) is 0 Å². The summed E-state index contributed by atoms with van der Waals surface area (Å²) >= 11 is 9.77. The number of alkyl halides is 1. The summed E-state index contributed by atoms with van der Waals surface area (Å²) in [5.41, 5.74) is 1.71. The van der Waals surface area contributed by atoms with Crippen LogP contribution in [-0.4, -0.2) is 17.3 Å². The van der Waals surface area contributed by atoms with Crippen LogP contribution in [0.3, 0.4) is 0 Å². The Hall–Kier alpha value is -0.540. The molecule has 1 amide bonds. The fourth-order valence-electron chi connectivity index (χ4n) is 2.55. The molecule has 2 unspecified atom stereocenters. The maximum absolute atomic E-state index is 12.3. The molecule has 1 fully saturated rings. The normalized spacial score (nSPS) is 23.7. The minimum Gasteiger partial charge on any atom is -0.348 e. The molecule has 0 aliphatic heterocycles. The number of amides is 1. The maximum Gasteiger partial charge on any atom is 0.251 e. The summed E-state index contributed by atoms with van der Waals surface area (Å²) in [6.07, 6.45) is 5.50. The van der Waals surface area contributed by atoms with E-state index in [1.54, 1.807) is 0 Å². The first-order valence-electron chi connectivity index (χ1n) is 6.79. The van der Waals surface area contributed by atoms with Crippen LogP contribution in [0.2, 0.25) is 0 Å². The zero-order valence-electron chi connectivity index (χ0n) is 11.1. The molecule has 0 spiro atoms. The Morgan fingerprint density at radius 1 is 1.32 bits per heavy atom. The van der Waals surface area contributed by atoms with Crippen molar-refractivity contribution in [2.75, 3.05) is 0 Å². The number of carbonyl (C=O) groups excluding carboxylic acids is 1. The zero-order valence-corrected chi connectivity index (χ0v) is 13.4. The van der Waals surface area contributed by atoms with Gasteiger partial charge in [-0.2, -0.15) is 0 Å². The predicted molar refractivity (Wildman–Crippen MR) is 82.9 cm³/mol. The van der Waals surface area contributed by atoms with Gasteiger partial charge < -0.3 is 5.32 Å². The molecule has 104 valence electrons. The largest absolute Gasteiger partial charge is 0.348 e. The van der Waals surface area contributed by atoms with Crippen LogP contribution in [0, 0.1) is 6.92 Å². The summed E-state index contributed by atoms with van der Waals surface area (Å²) in [5.74, 6) is -0.0115. The van der Waals surface area contributed by atoms with Crippen LogP contribution in [0.4, 0.5) is 0 Å². The Bertz CT molecular complexity index is 463. The van der Waals surface area contributed by atoms with E-state index >= 15 is 0 Å². The third-order valence-electron chi connectivity index (χ3n) is 3.68. The molecule has 0 radical (unpaired) electrons. The number of aryl methyl sites for hydroxylation is 1. The Kier molecular flexibility index (Phi) is 5.28. The molecule has 1 aromatic rings. The van der Waals surface area contributed by atoms with E-state index in [0.717, 1.165) is 41.3 Å². The summed E-state index contributed by atoms with van der Waals surface area (Å²) in [4.78, 5) is 12.3. The summed E-state index contributed by atoms with van der Waals surface area (Å²) < 4.78 is 0.992. The van der Waals surface area contributed by atoms with E-state index < -0.39 is 0 Å². The van der Waals surface area contributed by atoms with Crippen molar-refractivity contribution in [3.05, 3.63) is 33.8 Å². The average Bonchev–Trinajstić information content (AvgIpc) is 2.55. The number of hydrogen-bond donors (Lipinski definition) is 1. The first-order valence-corrected chi connectivity index (χ1v) is 8.02. The highest BCUT2D eigenvalue weighted by atomic mass is 79.9. The molecular weight excluding hydrogens is 326 g/mol. The number of benzene rings is 1. The van der Waals surface area contributed by atoms with Crippen molar-refractivity contribution in [1.29, 1.82) is 0 Å². The first kappa shape index (κ1) is 14.9. The molecular formula is C15H19BrClNO. The first-order chi connectivity index (χ1) is 9.08. The molecule has 0 bridgehead atoms. The maximum atomic E-state index is 12.3. The minimum absolute atomic E-state index is 0.0115. The van der Waals surface area contributed by atoms with E-state index in [-0.39, 0.29) is 17.3 Å². The van der Waals surface area contributed by atoms with Gasteiger partial charge in [-0.05, 0) is 43.5 Å². The van der Waals surface area contributed by atoms with Crippen LogP contribution >= 0.6 is 27.5 Å². The summed E-state index contributed by atoms with van der Waals surface area (Å²) in [6.45, 7) is 1.95. The quantitative estimate of drug-likeness (QED) is 0.624. The number of rotatable bonds is 2. The molecule has 2 rings (SSSR count). The summed E-state index contributed by atoms with van der Waals surface area (Å²) in [5, 5.41) is 3.16. The second-order valence-corrected chi connectivity index (χ2v) is 6.67. The van der Waals surface area contributed by atoms with Crippen LogP contribution in [0.25, 0.3) is 0 Å². The monoisotopic (exact) mass is 343 g/mol. The van der Waals surface area contributed by atoms with Crippen LogP contribution in [0.15, 0.2) is 22.7 Å². The van der Waals surface area contributed by atoms with Gasteiger partial charge in [0, 0.05) is 16.1 Å². The number of carbonyl (C=O) groups is 1. The third-order valence-corrected chi connectivity index (χ3v) is 4.70. The van der Waals surface area contributed by atoms with Gasteiger partial charge in [0.1, 0.15) is 0 Å². The standard InChI is InChI=1S/C15H19BrClNO/c1-10-9-11(16)7-8-12(10)15(19)18-14-6-4-2-3-5-13(14)17/h7-9,13-14H,2-6H2,1H3,(H,18,19). The van der Waals surface area contributed by atoms with Gasteiger partial charge in [0.25, 0.3) is 5.91 Å². The van der Waals surface area contributed by atoms with Crippen molar-refractivity contribution in [3.63, 3.8) is 0 Å². The van der Waals surface area contributed by atoms with E-state index in [1.807, 2.05) is 25.1 Å². The molecule has 1 aliphatic carbocycles. The molecule has 4 heteroatoms. The van der Waals surface area contributed by atoms with E-state index in [2.05, 4.69) is 21.2 Å². The number of hydrogen-bond acceptors (Lipinski definition) is 1. The second-order valence-electron chi connectivity index (χ2n) is 5.19. The van der Waals surface area contributed by atoms with Crippen LogP contribution in [0.1, 0.15) is 48.0 Å². The molecule has 1 aromatic carbocycles. The van der Waals surface area contributed by atoms with Gasteiger partial charge >= 0.3 is 0 Å². The zero-order chi connectivity index (χ0) is 13.8. The van der Waals surface area contributed by atoms with Gasteiger partial charge in [0.05, 0.1) is 5.38 Å². The highest BCUT2D eigenvalue weighted by molar-refractivity contribution is 9.10. The molecule has 0 aromatic heterocycles. The lowest BCUT2D eigenvalue weighted by Gasteiger charge is -2.21. The van der Waals surface area contributed by atoms with Crippen LogP contribution in [-0.2, 0) is 0 Å². The summed E-state index contributed by atoms with van der Waals surface area (Å²) in [7, 11) is 0. The van der Waals surface area contributed by atoms with Gasteiger partial charge in [-0.15, -0.1) is 11.6 Å². The van der Waals surface area contributed by atoms with E-state index in [1.165, 1.54) is 6.42 Å². The van der Waals surface area contributed by atoms with Crippen LogP contribution in [0.5, 0.6) is 0 Å². The Labute approximate surface area is 128 Å². The molecule has 2 atom stereocenters. The van der Waals surface area contributed by atoms with Crippen LogP contribution < -0.4 is 5.32 Å². The topological polar surface area (TPSA) is 29.1 Å². The molecule has 0 heterocycles. The highest BCUT2D eigenvalue weighted by Crippen LogP contribution is 2.23. The van der Waals surface area contributed by atoms with Gasteiger partial charge in [0.15, 0.2) is 0 Å². The van der Waals surface area contributed by atoms with Crippen molar-refractivity contribution in [1.82, 2.24) is 5.32 Å². The minimum atomic E-state index is -0.0115. The lowest BCUT2D eigenvalue weighted by molar-refractivity contribution is 0.0933. The molecule has 1 aliphatic rings. The van der Waals surface area contributed by atoms with E-state index in [9.17, 15) is 4.79 Å². The van der Waals surface area contributed by atoms with Crippen molar-refractivity contribution >= 4 is 33.4 Å². The average molecular weight is 345 g/mol.